The van der Waals surface area contributed by atoms with Crippen LogP contribution in [0.15, 0.2) is 35.1 Å². The average molecular weight is 287 g/mol. The lowest BCUT2D eigenvalue weighted by molar-refractivity contribution is 0.414. The molecule has 2 N–H and O–H groups in total. The van der Waals surface area contributed by atoms with Gasteiger partial charge in [0.05, 0.1) is 7.11 Å². The van der Waals surface area contributed by atoms with Gasteiger partial charge in [-0.25, -0.2) is 4.98 Å². The molecule has 1 heterocycles. The average Bonchev–Trinajstić information content (AvgIpc) is 2.48. The predicted molar refractivity (Wildman–Crippen MR) is 84.0 cm³/mol. The molecule has 0 fully saturated rings. The summed E-state index contributed by atoms with van der Waals surface area (Å²) in [6.45, 7) is 2.78. The Kier molecular flexibility index (Phi) is 5.37. The van der Waals surface area contributed by atoms with Crippen LogP contribution in [0, 0.1) is 0 Å². The molecule has 0 bridgehead atoms. The molecule has 5 nitrogen and oxygen atoms in total. The van der Waals surface area contributed by atoms with Crippen molar-refractivity contribution >= 4 is 5.95 Å². The highest BCUT2D eigenvalue weighted by atomic mass is 16.5. The number of methoxy groups -OCH3 is 1. The Bertz CT molecular complexity index is 620. The standard InChI is InChI=1S/C16H21N3O2/c1-3-4-13-11-15(20)19-16(18-13)17-10-9-12-5-7-14(21-2)8-6-12/h5-8,11H,3-4,9-10H2,1-2H3,(H2,17,18,19,20). The Morgan fingerprint density at radius 2 is 2.00 bits per heavy atom. The van der Waals surface area contributed by atoms with Gasteiger partial charge in [0.15, 0.2) is 0 Å². The second-order valence-corrected chi connectivity index (χ2v) is 4.86. The molecule has 0 aliphatic heterocycles. The first-order valence-electron chi connectivity index (χ1n) is 7.18. The number of nitrogens with zero attached hydrogens (tertiary/aromatic N) is 1. The minimum atomic E-state index is -0.111. The summed E-state index contributed by atoms with van der Waals surface area (Å²) in [5, 5.41) is 3.16. The topological polar surface area (TPSA) is 67.0 Å². The lowest BCUT2D eigenvalue weighted by Gasteiger charge is -2.07. The van der Waals surface area contributed by atoms with Crippen molar-refractivity contribution < 1.29 is 4.74 Å². The number of aryl methyl sites for hydroxylation is 1. The molecule has 2 aromatic rings. The highest BCUT2D eigenvalue weighted by Crippen LogP contribution is 2.11. The Balaban J connectivity index is 1.91. The maximum Gasteiger partial charge on any atom is 0.252 e. The number of hydrogen-bond acceptors (Lipinski definition) is 4. The van der Waals surface area contributed by atoms with Crippen molar-refractivity contribution in [1.29, 1.82) is 0 Å². The van der Waals surface area contributed by atoms with Crippen LogP contribution in [-0.2, 0) is 12.8 Å². The van der Waals surface area contributed by atoms with Crippen LogP contribution < -0.4 is 15.6 Å². The Labute approximate surface area is 124 Å². The van der Waals surface area contributed by atoms with Gasteiger partial charge in [-0.3, -0.25) is 9.78 Å². The van der Waals surface area contributed by atoms with Gasteiger partial charge in [0.1, 0.15) is 5.75 Å². The van der Waals surface area contributed by atoms with Gasteiger partial charge in [0, 0.05) is 18.3 Å². The maximum absolute atomic E-state index is 11.5. The van der Waals surface area contributed by atoms with E-state index in [1.807, 2.05) is 24.3 Å². The summed E-state index contributed by atoms with van der Waals surface area (Å²) in [7, 11) is 1.65. The third kappa shape index (κ3) is 4.63. The predicted octanol–water partition coefficient (Wildman–Crippen LogP) is 2.39. The van der Waals surface area contributed by atoms with Crippen molar-refractivity contribution in [2.45, 2.75) is 26.2 Å². The van der Waals surface area contributed by atoms with E-state index in [1.165, 1.54) is 5.56 Å². The number of H-pyrrole nitrogens is 1. The molecule has 0 spiro atoms. The summed E-state index contributed by atoms with van der Waals surface area (Å²) in [5.41, 5.74) is 1.92. The van der Waals surface area contributed by atoms with Gasteiger partial charge >= 0.3 is 0 Å². The third-order valence-electron chi connectivity index (χ3n) is 3.17. The zero-order chi connectivity index (χ0) is 15.1. The van der Waals surface area contributed by atoms with Crippen LogP contribution >= 0.6 is 0 Å². The molecule has 21 heavy (non-hydrogen) atoms. The highest BCUT2D eigenvalue weighted by molar-refractivity contribution is 5.29. The summed E-state index contributed by atoms with van der Waals surface area (Å²) < 4.78 is 5.13. The van der Waals surface area contributed by atoms with Gasteiger partial charge in [-0.15, -0.1) is 0 Å². The Hall–Kier alpha value is -2.30. The second-order valence-electron chi connectivity index (χ2n) is 4.86. The van der Waals surface area contributed by atoms with Crippen molar-refractivity contribution in [1.82, 2.24) is 9.97 Å². The number of hydrogen-bond donors (Lipinski definition) is 2. The summed E-state index contributed by atoms with van der Waals surface area (Å²) in [6.07, 6.45) is 2.64. The number of anilines is 1. The molecule has 0 aliphatic rings. The maximum atomic E-state index is 11.5. The fraction of sp³-hybridized carbons (Fsp3) is 0.375. The second kappa shape index (κ2) is 7.47. The van der Waals surface area contributed by atoms with Gasteiger partial charge in [-0.2, -0.15) is 0 Å². The first kappa shape index (κ1) is 15.1. The molecular formula is C16H21N3O2. The molecular weight excluding hydrogens is 266 g/mol. The zero-order valence-electron chi connectivity index (χ0n) is 12.5. The minimum Gasteiger partial charge on any atom is -0.497 e. The van der Waals surface area contributed by atoms with Crippen molar-refractivity contribution in [3.05, 3.63) is 51.9 Å². The Morgan fingerprint density at radius 3 is 2.67 bits per heavy atom. The lowest BCUT2D eigenvalue weighted by atomic mass is 10.1. The molecule has 0 saturated carbocycles. The quantitative estimate of drug-likeness (QED) is 0.820. The van der Waals surface area contributed by atoms with E-state index >= 15 is 0 Å². The largest absolute Gasteiger partial charge is 0.497 e. The molecule has 0 radical (unpaired) electrons. The van der Waals surface area contributed by atoms with Gasteiger partial charge in [-0.1, -0.05) is 25.5 Å². The minimum absolute atomic E-state index is 0.111. The molecule has 1 aromatic heterocycles. The molecule has 0 amide bonds. The van der Waals surface area contributed by atoms with Gasteiger partial charge in [0.25, 0.3) is 5.56 Å². The van der Waals surface area contributed by atoms with E-state index in [0.29, 0.717) is 12.5 Å². The molecule has 1 aromatic carbocycles. The number of ether oxygens (including phenoxy) is 1. The number of nitrogens with one attached hydrogen (secondary N) is 2. The Morgan fingerprint density at radius 1 is 1.24 bits per heavy atom. The molecule has 0 unspecified atom stereocenters. The van der Waals surface area contributed by atoms with E-state index in [-0.39, 0.29) is 5.56 Å². The van der Waals surface area contributed by atoms with Crippen LogP contribution in [-0.4, -0.2) is 23.6 Å². The van der Waals surface area contributed by atoms with E-state index in [4.69, 9.17) is 4.74 Å². The zero-order valence-corrected chi connectivity index (χ0v) is 12.5. The molecule has 0 saturated heterocycles. The molecule has 5 heteroatoms. The first-order valence-corrected chi connectivity index (χ1v) is 7.18. The van der Waals surface area contributed by atoms with E-state index in [1.54, 1.807) is 13.2 Å². The molecule has 2 rings (SSSR count). The summed E-state index contributed by atoms with van der Waals surface area (Å²) >= 11 is 0. The highest BCUT2D eigenvalue weighted by Gasteiger charge is 2.01. The van der Waals surface area contributed by atoms with Crippen LogP contribution in [0.25, 0.3) is 0 Å². The lowest BCUT2D eigenvalue weighted by Crippen LogP contribution is -2.15. The molecule has 112 valence electrons. The number of aromatic amines is 1. The van der Waals surface area contributed by atoms with Crippen molar-refractivity contribution in [2.75, 3.05) is 19.0 Å². The number of rotatable bonds is 7. The third-order valence-corrected chi connectivity index (χ3v) is 3.17. The summed E-state index contributed by atoms with van der Waals surface area (Å²) in [5.74, 6) is 1.39. The van der Waals surface area contributed by atoms with E-state index < -0.39 is 0 Å². The molecule has 0 aliphatic carbocycles. The van der Waals surface area contributed by atoms with E-state index in [9.17, 15) is 4.79 Å². The van der Waals surface area contributed by atoms with Crippen LogP contribution in [0.3, 0.4) is 0 Å². The van der Waals surface area contributed by atoms with Crippen molar-refractivity contribution in [3.63, 3.8) is 0 Å². The van der Waals surface area contributed by atoms with E-state index in [2.05, 4.69) is 22.2 Å². The normalized spacial score (nSPS) is 10.4. The van der Waals surface area contributed by atoms with Crippen LogP contribution in [0.2, 0.25) is 0 Å². The summed E-state index contributed by atoms with van der Waals surface area (Å²) in [4.78, 5) is 18.6. The first-order chi connectivity index (χ1) is 10.2. The number of aromatic nitrogens is 2. The van der Waals surface area contributed by atoms with Crippen LogP contribution in [0.5, 0.6) is 5.75 Å². The monoisotopic (exact) mass is 287 g/mol. The SMILES string of the molecule is CCCc1cc(=O)[nH]c(NCCc2ccc(OC)cc2)n1. The fourth-order valence-corrected chi connectivity index (χ4v) is 2.09. The smallest absolute Gasteiger partial charge is 0.252 e. The van der Waals surface area contributed by atoms with Crippen LogP contribution in [0.1, 0.15) is 24.6 Å². The van der Waals surface area contributed by atoms with E-state index in [0.717, 1.165) is 30.7 Å². The number of benzene rings is 1. The van der Waals surface area contributed by atoms with Crippen LogP contribution in [0.4, 0.5) is 5.95 Å². The summed E-state index contributed by atoms with van der Waals surface area (Å²) in [6, 6.07) is 9.50. The van der Waals surface area contributed by atoms with Gasteiger partial charge in [-0.05, 0) is 30.5 Å². The van der Waals surface area contributed by atoms with Gasteiger partial charge < -0.3 is 10.1 Å². The van der Waals surface area contributed by atoms with Gasteiger partial charge in [0.2, 0.25) is 5.95 Å². The van der Waals surface area contributed by atoms with Crippen molar-refractivity contribution in [2.24, 2.45) is 0 Å². The fourth-order valence-electron chi connectivity index (χ4n) is 2.09. The van der Waals surface area contributed by atoms with Crippen molar-refractivity contribution in [3.8, 4) is 5.75 Å². The molecule has 0 atom stereocenters.